The minimum Gasteiger partial charge on any atom is -0.373 e. The first-order chi connectivity index (χ1) is 6.63. The Bertz CT molecular complexity index is 296. The number of carbonyl (C=O) groups excluding carboxylic acids is 2. The van der Waals surface area contributed by atoms with Gasteiger partial charge in [0.2, 0.25) is 11.6 Å². The van der Waals surface area contributed by atoms with Crippen LogP contribution in [0.3, 0.4) is 0 Å². The number of hydrogen-bond donors (Lipinski definition) is 0. The van der Waals surface area contributed by atoms with Gasteiger partial charge in [0.05, 0.1) is 0 Å². The number of hydrogen-bond acceptors (Lipinski definition) is 2. The van der Waals surface area contributed by atoms with Gasteiger partial charge in [0.25, 0.3) is 0 Å². The van der Waals surface area contributed by atoms with Gasteiger partial charge in [-0.3, -0.25) is 19.4 Å². The van der Waals surface area contributed by atoms with Crippen molar-refractivity contribution in [2.75, 3.05) is 0 Å². The van der Waals surface area contributed by atoms with Crippen molar-refractivity contribution in [3.8, 4) is 0 Å². The van der Waals surface area contributed by atoms with Crippen molar-refractivity contribution >= 4 is 11.6 Å². The van der Waals surface area contributed by atoms with Crippen LogP contribution in [0.25, 0.3) is 31.9 Å². The van der Waals surface area contributed by atoms with Gasteiger partial charge < -0.3 is 22.1 Å². The van der Waals surface area contributed by atoms with Crippen molar-refractivity contribution in [2.45, 2.75) is 0 Å². The average molecular weight is 192 g/mol. The van der Waals surface area contributed by atoms with Crippen LogP contribution in [0.15, 0.2) is 24.3 Å². The Labute approximate surface area is 78.4 Å². The molecule has 0 atom stereocenters. The molecule has 8 nitrogen and oxygen atoms in total. The molecule has 0 aromatic rings. The molecule has 1 aliphatic carbocycles. The van der Waals surface area contributed by atoms with Crippen molar-refractivity contribution in [1.82, 2.24) is 0 Å². The van der Waals surface area contributed by atoms with E-state index in [4.69, 9.17) is 22.1 Å². The topological polar surface area (TPSA) is 152 Å². The largest absolute Gasteiger partial charge is 0.373 e. The van der Waals surface area contributed by atoms with Crippen LogP contribution in [0, 0.1) is 0 Å². The number of nitrogens with zero attached hydrogens (tertiary/aromatic N) is 6. The molecule has 72 valence electrons. The third-order valence-electron chi connectivity index (χ3n) is 0.849. The molecule has 1 rings (SSSR count). The summed E-state index contributed by atoms with van der Waals surface area (Å²) in [7, 11) is 0. The lowest BCUT2D eigenvalue weighted by atomic mass is 10.1. The maximum absolute atomic E-state index is 10.3. The molecule has 0 spiro atoms. The molecule has 14 heavy (non-hydrogen) atoms. The summed E-state index contributed by atoms with van der Waals surface area (Å²) in [6, 6.07) is 0. The standard InChI is InChI=1S/C6H4O2.2N3/c7-5-3-1-2-4-6(5)8;2*1-3-2/h1-4H;;/q;2*-1. The van der Waals surface area contributed by atoms with E-state index in [0.29, 0.717) is 0 Å². The van der Waals surface area contributed by atoms with Crippen molar-refractivity contribution < 1.29 is 9.59 Å². The molecule has 8 heteroatoms. The summed E-state index contributed by atoms with van der Waals surface area (Å²) in [6.07, 6.45) is 5.60. The molecule has 0 radical (unpaired) electrons. The Kier molecular flexibility index (Phi) is 10.4. The van der Waals surface area contributed by atoms with E-state index in [-0.39, 0.29) is 0 Å². The van der Waals surface area contributed by atoms with Crippen LogP contribution in [0.4, 0.5) is 0 Å². The zero-order chi connectivity index (χ0) is 11.4. The average Bonchev–Trinajstić information content (AvgIpc) is 2.13. The van der Waals surface area contributed by atoms with E-state index < -0.39 is 11.6 Å². The van der Waals surface area contributed by atoms with E-state index in [1.54, 1.807) is 12.2 Å². The van der Waals surface area contributed by atoms with Gasteiger partial charge in [-0.1, -0.05) is 12.2 Å². The lowest BCUT2D eigenvalue weighted by Crippen LogP contribution is -2.08. The third kappa shape index (κ3) is 9.44. The summed E-state index contributed by atoms with van der Waals surface area (Å²) >= 11 is 0. The maximum atomic E-state index is 10.3. The fourth-order valence-electron chi connectivity index (χ4n) is 0.450. The zero-order valence-corrected chi connectivity index (χ0v) is 6.81. The van der Waals surface area contributed by atoms with Crippen LogP contribution < -0.4 is 0 Å². The molecule has 0 aliphatic heterocycles. The van der Waals surface area contributed by atoms with Crippen molar-refractivity contribution in [3.63, 3.8) is 0 Å². The van der Waals surface area contributed by atoms with Gasteiger partial charge >= 0.3 is 0 Å². The second-order valence-electron chi connectivity index (χ2n) is 1.63. The van der Waals surface area contributed by atoms with Gasteiger partial charge in [-0.25, -0.2) is 0 Å². The van der Waals surface area contributed by atoms with Gasteiger partial charge in [0, 0.05) is 0 Å². The molecule has 0 amide bonds. The highest BCUT2D eigenvalue weighted by Gasteiger charge is 2.06. The predicted molar refractivity (Wildman–Crippen MR) is 48.4 cm³/mol. The molecular formula is C6H4N6O2-2. The number of carbonyl (C=O) groups is 2. The zero-order valence-electron chi connectivity index (χ0n) is 6.81. The summed E-state index contributed by atoms with van der Waals surface area (Å²) in [4.78, 5) is 23.6. The first kappa shape index (κ1) is 14.0. The Morgan fingerprint density at radius 1 is 0.786 bits per heavy atom. The highest BCUT2D eigenvalue weighted by Crippen LogP contribution is 1.90. The van der Waals surface area contributed by atoms with Gasteiger partial charge in [-0.05, 0) is 12.2 Å². The highest BCUT2D eigenvalue weighted by atomic mass is 16.2. The first-order valence-corrected chi connectivity index (χ1v) is 3.04. The molecule has 0 unspecified atom stereocenters. The molecule has 0 fully saturated rings. The van der Waals surface area contributed by atoms with Crippen molar-refractivity contribution in [3.05, 3.63) is 56.3 Å². The summed E-state index contributed by atoms with van der Waals surface area (Å²) in [5.74, 6) is -0.875. The van der Waals surface area contributed by atoms with Gasteiger partial charge in [0.1, 0.15) is 0 Å². The fraction of sp³-hybridized carbons (Fsp3) is 0. The molecule has 0 heterocycles. The van der Waals surface area contributed by atoms with Crippen LogP contribution in [0.2, 0.25) is 0 Å². The second kappa shape index (κ2) is 10.4. The van der Waals surface area contributed by atoms with Gasteiger partial charge in [-0.15, -0.1) is 0 Å². The van der Waals surface area contributed by atoms with Crippen LogP contribution in [-0.2, 0) is 9.59 Å². The van der Waals surface area contributed by atoms with Crippen LogP contribution in [0.1, 0.15) is 0 Å². The van der Waals surface area contributed by atoms with E-state index in [2.05, 4.69) is 0 Å². The van der Waals surface area contributed by atoms with Crippen molar-refractivity contribution in [1.29, 1.82) is 0 Å². The molecule has 0 N–H and O–H groups in total. The highest BCUT2D eigenvalue weighted by molar-refractivity contribution is 6.46. The normalized spacial score (nSPS) is 11.1. The van der Waals surface area contributed by atoms with E-state index in [0.717, 1.165) is 0 Å². The maximum Gasteiger partial charge on any atom is 0.225 e. The lowest BCUT2D eigenvalue weighted by Gasteiger charge is -1.88. The molecule has 0 saturated heterocycles. The van der Waals surface area contributed by atoms with Crippen molar-refractivity contribution in [2.24, 2.45) is 0 Å². The number of ketones is 2. The number of rotatable bonds is 0. The lowest BCUT2D eigenvalue weighted by molar-refractivity contribution is -0.131. The molecule has 0 bridgehead atoms. The van der Waals surface area contributed by atoms with E-state index in [1.165, 1.54) is 22.0 Å². The molecule has 0 aromatic heterocycles. The van der Waals surface area contributed by atoms with Crippen LogP contribution in [-0.4, -0.2) is 11.6 Å². The first-order valence-electron chi connectivity index (χ1n) is 3.04. The summed E-state index contributed by atoms with van der Waals surface area (Å²) in [6.45, 7) is 0. The van der Waals surface area contributed by atoms with Crippen LogP contribution >= 0.6 is 0 Å². The van der Waals surface area contributed by atoms with E-state index in [9.17, 15) is 9.59 Å². The third-order valence-corrected chi connectivity index (χ3v) is 0.849. The van der Waals surface area contributed by atoms with E-state index in [1.807, 2.05) is 0 Å². The number of allylic oxidation sites excluding steroid dienone is 4. The summed E-state index contributed by atoms with van der Waals surface area (Å²) in [5.41, 5.74) is 27.0. The summed E-state index contributed by atoms with van der Waals surface area (Å²) in [5, 5.41) is 0. The Morgan fingerprint density at radius 3 is 1.14 bits per heavy atom. The molecule has 0 aromatic carbocycles. The van der Waals surface area contributed by atoms with Gasteiger partial charge in [-0.2, -0.15) is 0 Å². The predicted octanol–water partition coefficient (Wildman–Crippen LogP) is 1.98. The molecule has 0 saturated carbocycles. The quantitative estimate of drug-likeness (QED) is 0.189. The molecular weight excluding hydrogens is 188 g/mol. The molecule has 1 aliphatic rings. The minimum atomic E-state index is -0.437. The van der Waals surface area contributed by atoms with Gasteiger partial charge in [0.15, 0.2) is 0 Å². The van der Waals surface area contributed by atoms with E-state index >= 15 is 0 Å². The second-order valence-corrected chi connectivity index (χ2v) is 1.63. The summed E-state index contributed by atoms with van der Waals surface area (Å²) < 4.78 is 0. The minimum absolute atomic E-state index is 0.437. The Balaban J connectivity index is 0. The Hall–Kier alpha value is -2.56. The van der Waals surface area contributed by atoms with Crippen LogP contribution in [0.5, 0.6) is 0 Å². The SMILES string of the molecule is O=C1C=CC=CC1=O.[N-]=[N+]=[N-].[N-]=[N+]=[N-]. The smallest absolute Gasteiger partial charge is 0.225 e. The Morgan fingerprint density at radius 2 is 1.00 bits per heavy atom. The monoisotopic (exact) mass is 192 g/mol. The fourth-order valence-corrected chi connectivity index (χ4v) is 0.450.